The Morgan fingerprint density at radius 3 is 2.62 bits per heavy atom. The van der Waals surface area contributed by atoms with Crippen LogP contribution >= 0.6 is 11.8 Å². The molecule has 1 aromatic heterocycles. The minimum Gasteiger partial charge on any atom is -0.490 e. The Hall–Kier alpha value is -2.28. The number of amides is 1. The molecule has 0 spiro atoms. The largest absolute Gasteiger partial charge is 0.490 e. The summed E-state index contributed by atoms with van der Waals surface area (Å²) in [6, 6.07) is 9.16. The van der Waals surface area contributed by atoms with Gasteiger partial charge in [0.15, 0.2) is 0 Å². The normalized spacial score (nSPS) is 15.1. The lowest BCUT2D eigenvalue weighted by atomic mass is 10.1. The number of hydrogen-bond donors (Lipinski definition) is 0. The molecule has 138 valence electrons. The molecule has 1 aliphatic heterocycles. The van der Waals surface area contributed by atoms with Crippen LogP contribution in [0.3, 0.4) is 0 Å². The molecule has 7 heteroatoms. The van der Waals surface area contributed by atoms with Crippen molar-refractivity contribution in [1.82, 2.24) is 4.90 Å². The second-order valence-electron chi connectivity index (χ2n) is 6.16. The van der Waals surface area contributed by atoms with Crippen LogP contribution in [-0.4, -0.2) is 35.8 Å². The molecular weight excluding hydrogens is 357 g/mol. The highest BCUT2D eigenvalue weighted by molar-refractivity contribution is 8.00. The fourth-order valence-electron chi connectivity index (χ4n) is 2.83. The van der Waals surface area contributed by atoms with Crippen LogP contribution in [0.1, 0.15) is 18.6 Å². The molecule has 3 rings (SSSR count). The molecular formula is C19H20FNO4S. The number of aryl methyl sites for hydroxylation is 1. The van der Waals surface area contributed by atoms with E-state index >= 15 is 0 Å². The van der Waals surface area contributed by atoms with Crippen LogP contribution in [0.5, 0.6) is 5.75 Å². The van der Waals surface area contributed by atoms with E-state index in [1.54, 1.807) is 25.1 Å². The van der Waals surface area contributed by atoms with Crippen molar-refractivity contribution in [1.29, 1.82) is 0 Å². The molecule has 5 nitrogen and oxygen atoms in total. The Bertz CT molecular complexity index is 813. The molecule has 26 heavy (non-hydrogen) atoms. The highest BCUT2D eigenvalue weighted by Crippen LogP contribution is 2.22. The van der Waals surface area contributed by atoms with E-state index in [1.807, 2.05) is 4.90 Å². The van der Waals surface area contributed by atoms with Gasteiger partial charge < -0.3 is 14.1 Å². The van der Waals surface area contributed by atoms with Gasteiger partial charge in [-0.25, -0.2) is 9.18 Å². The van der Waals surface area contributed by atoms with E-state index in [4.69, 9.17) is 9.15 Å². The van der Waals surface area contributed by atoms with Gasteiger partial charge in [-0.3, -0.25) is 4.79 Å². The summed E-state index contributed by atoms with van der Waals surface area (Å²) in [5.41, 5.74) is -0.426. The van der Waals surface area contributed by atoms with Crippen LogP contribution in [-0.2, 0) is 4.79 Å². The fourth-order valence-corrected chi connectivity index (χ4v) is 3.63. The van der Waals surface area contributed by atoms with E-state index in [1.165, 1.54) is 30.0 Å². The van der Waals surface area contributed by atoms with Crippen molar-refractivity contribution >= 4 is 17.7 Å². The standard InChI is InChI=1S/C19H20FNO4S/c1-13-10-16(11-19(23)24-13)25-15-6-8-21(9-7-15)18(22)12-26-17-4-2-14(20)3-5-17/h2-5,10-11,15H,6-9,12H2,1H3. The lowest BCUT2D eigenvalue weighted by Crippen LogP contribution is -2.42. The Morgan fingerprint density at radius 2 is 1.96 bits per heavy atom. The third kappa shape index (κ3) is 5.11. The molecule has 0 N–H and O–H groups in total. The van der Waals surface area contributed by atoms with Crippen LogP contribution in [0.15, 0.2) is 50.5 Å². The van der Waals surface area contributed by atoms with E-state index < -0.39 is 5.63 Å². The van der Waals surface area contributed by atoms with Gasteiger partial charge in [0.05, 0.1) is 11.8 Å². The third-order valence-corrected chi connectivity index (χ3v) is 5.14. The zero-order valence-corrected chi connectivity index (χ0v) is 15.3. The van der Waals surface area contributed by atoms with Gasteiger partial charge in [-0.05, 0) is 31.2 Å². The zero-order chi connectivity index (χ0) is 18.5. The van der Waals surface area contributed by atoms with Crippen molar-refractivity contribution in [2.24, 2.45) is 0 Å². The minimum atomic E-state index is -0.426. The molecule has 2 aromatic rings. The SMILES string of the molecule is Cc1cc(OC2CCN(C(=O)CSc3ccc(F)cc3)CC2)cc(=O)o1. The average molecular weight is 377 g/mol. The molecule has 1 saturated heterocycles. The number of nitrogens with zero attached hydrogens (tertiary/aromatic N) is 1. The van der Waals surface area contributed by atoms with Gasteiger partial charge in [-0.1, -0.05) is 0 Å². The highest BCUT2D eigenvalue weighted by atomic mass is 32.2. The van der Waals surface area contributed by atoms with Crippen molar-refractivity contribution in [2.75, 3.05) is 18.8 Å². The minimum absolute atomic E-state index is 0.0231. The number of thioether (sulfide) groups is 1. The predicted octanol–water partition coefficient (Wildman–Crippen LogP) is 3.25. The Kier molecular flexibility index (Phi) is 5.98. The molecule has 1 fully saturated rings. The first-order chi connectivity index (χ1) is 12.5. The molecule has 0 unspecified atom stereocenters. The smallest absolute Gasteiger partial charge is 0.339 e. The van der Waals surface area contributed by atoms with E-state index in [9.17, 15) is 14.0 Å². The first-order valence-corrected chi connectivity index (χ1v) is 9.43. The number of ether oxygens (including phenoxy) is 1. The summed E-state index contributed by atoms with van der Waals surface area (Å²) in [5.74, 6) is 1.13. The Labute approximate surface area is 155 Å². The van der Waals surface area contributed by atoms with Crippen LogP contribution in [0, 0.1) is 12.7 Å². The van der Waals surface area contributed by atoms with Crippen molar-refractivity contribution in [3.63, 3.8) is 0 Å². The summed E-state index contributed by atoms with van der Waals surface area (Å²) < 4.78 is 23.7. The molecule has 1 aromatic carbocycles. The molecule has 1 amide bonds. The summed E-state index contributed by atoms with van der Waals surface area (Å²) in [6.07, 6.45) is 1.41. The highest BCUT2D eigenvalue weighted by Gasteiger charge is 2.24. The van der Waals surface area contributed by atoms with Gasteiger partial charge in [0.25, 0.3) is 0 Å². The first kappa shape index (κ1) is 18.5. The van der Waals surface area contributed by atoms with Crippen molar-refractivity contribution in [2.45, 2.75) is 30.8 Å². The number of rotatable bonds is 5. The monoisotopic (exact) mass is 377 g/mol. The van der Waals surface area contributed by atoms with Gasteiger partial charge in [0, 0.05) is 36.9 Å². The van der Waals surface area contributed by atoms with E-state index in [0.29, 0.717) is 43.2 Å². The summed E-state index contributed by atoms with van der Waals surface area (Å²) in [4.78, 5) is 26.4. The van der Waals surface area contributed by atoms with Crippen LogP contribution in [0.4, 0.5) is 4.39 Å². The molecule has 2 heterocycles. The van der Waals surface area contributed by atoms with Crippen LogP contribution in [0.2, 0.25) is 0 Å². The molecule has 0 saturated carbocycles. The van der Waals surface area contributed by atoms with E-state index in [-0.39, 0.29) is 17.8 Å². The maximum Gasteiger partial charge on any atom is 0.339 e. The Balaban J connectivity index is 1.46. The van der Waals surface area contributed by atoms with E-state index in [2.05, 4.69) is 0 Å². The molecule has 1 aliphatic rings. The second kappa shape index (κ2) is 8.40. The number of likely N-dealkylation sites (tertiary alicyclic amines) is 1. The van der Waals surface area contributed by atoms with E-state index in [0.717, 1.165) is 4.90 Å². The van der Waals surface area contributed by atoms with Crippen molar-refractivity contribution < 1.29 is 18.3 Å². The summed E-state index contributed by atoms with van der Waals surface area (Å²) in [7, 11) is 0. The van der Waals surface area contributed by atoms with Gasteiger partial charge in [0.1, 0.15) is 23.4 Å². The van der Waals surface area contributed by atoms with Gasteiger partial charge in [0.2, 0.25) is 5.91 Å². The average Bonchev–Trinajstić information content (AvgIpc) is 2.61. The Morgan fingerprint density at radius 1 is 1.27 bits per heavy atom. The van der Waals surface area contributed by atoms with Crippen LogP contribution in [0.25, 0.3) is 0 Å². The molecule has 0 aliphatic carbocycles. The topological polar surface area (TPSA) is 59.8 Å². The second-order valence-corrected chi connectivity index (χ2v) is 7.21. The van der Waals surface area contributed by atoms with Gasteiger partial charge in [-0.15, -0.1) is 11.8 Å². The number of carbonyl (C=O) groups excluding carboxylic acids is 1. The molecule has 0 bridgehead atoms. The van der Waals surface area contributed by atoms with Crippen molar-refractivity contribution in [3.8, 4) is 5.75 Å². The number of halogens is 1. The summed E-state index contributed by atoms with van der Waals surface area (Å²) in [6.45, 7) is 2.94. The molecule has 0 atom stereocenters. The quantitative estimate of drug-likeness (QED) is 0.749. The number of piperidine rings is 1. The van der Waals surface area contributed by atoms with Crippen LogP contribution < -0.4 is 10.4 Å². The van der Waals surface area contributed by atoms with Gasteiger partial charge in [-0.2, -0.15) is 0 Å². The summed E-state index contributed by atoms with van der Waals surface area (Å²) in [5, 5.41) is 0. The number of carbonyl (C=O) groups is 1. The maximum atomic E-state index is 12.9. The third-order valence-electron chi connectivity index (χ3n) is 4.14. The first-order valence-electron chi connectivity index (χ1n) is 8.44. The number of benzene rings is 1. The zero-order valence-electron chi connectivity index (χ0n) is 14.4. The fraction of sp³-hybridized carbons (Fsp3) is 0.368. The molecule has 0 radical (unpaired) electrons. The predicted molar refractivity (Wildman–Crippen MR) is 97.1 cm³/mol. The van der Waals surface area contributed by atoms with Crippen molar-refractivity contribution in [3.05, 3.63) is 58.4 Å². The maximum absolute atomic E-state index is 12.9. The summed E-state index contributed by atoms with van der Waals surface area (Å²) >= 11 is 1.40. The lowest BCUT2D eigenvalue weighted by molar-refractivity contribution is -0.130. The number of hydrogen-bond acceptors (Lipinski definition) is 5. The lowest BCUT2D eigenvalue weighted by Gasteiger charge is -2.32. The van der Waals surface area contributed by atoms with Gasteiger partial charge >= 0.3 is 5.63 Å².